The maximum absolute atomic E-state index is 12.4. The van der Waals surface area contributed by atoms with E-state index in [-0.39, 0.29) is 24.9 Å². The topological polar surface area (TPSA) is 90.0 Å². The Hall–Kier alpha value is -1.92. The Labute approximate surface area is 135 Å². The van der Waals surface area contributed by atoms with Gasteiger partial charge < -0.3 is 14.4 Å². The first kappa shape index (κ1) is 17.4. The maximum Gasteiger partial charge on any atom is 0.410 e. The maximum atomic E-state index is 12.4. The molecule has 0 unspecified atom stereocenters. The average Bonchev–Trinajstić information content (AvgIpc) is 2.73. The molecule has 128 valence electrons. The third kappa shape index (κ3) is 3.54. The Balaban J connectivity index is 2.22. The molecule has 2 saturated heterocycles. The number of Topliss-reactive ketones (excluding diaryl/α,β-unsaturated/α-hetero) is 2. The van der Waals surface area contributed by atoms with E-state index in [0.717, 1.165) is 0 Å². The van der Waals surface area contributed by atoms with Crippen molar-refractivity contribution in [1.82, 2.24) is 4.90 Å². The lowest BCUT2D eigenvalue weighted by molar-refractivity contribution is -0.159. The van der Waals surface area contributed by atoms with Crippen molar-refractivity contribution in [1.29, 1.82) is 0 Å². The summed E-state index contributed by atoms with van der Waals surface area (Å²) in [6.45, 7) is 6.91. The predicted molar refractivity (Wildman–Crippen MR) is 79.6 cm³/mol. The molecule has 3 atom stereocenters. The molecular formula is C16H23NO6. The summed E-state index contributed by atoms with van der Waals surface area (Å²) in [6.07, 6.45) is 0.665. The van der Waals surface area contributed by atoms with Gasteiger partial charge in [0.15, 0.2) is 0 Å². The van der Waals surface area contributed by atoms with Gasteiger partial charge in [0.1, 0.15) is 17.3 Å². The van der Waals surface area contributed by atoms with Crippen molar-refractivity contribution in [3.63, 3.8) is 0 Å². The first-order valence-corrected chi connectivity index (χ1v) is 7.90. The lowest BCUT2D eigenvalue weighted by Gasteiger charge is -2.38. The van der Waals surface area contributed by atoms with Crippen LogP contribution in [0, 0.1) is 5.92 Å². The summed E-state index contributed by atoms with van der Waals surface area (Å²) in [7, 11) is 0. The van der Waals surface area contributed by atoms with Gasteiger partial charge in [-0.1, -0.05) is 0 Å². The van der Waals surface area contributed by atoms with Gasteiger partial charge in [-0.3, -0.25) is 9.59 Å². The molecule has 1 amide bonds. The zero-order valence-corrected chi connectivity index (χ0v) is 14.0. The smallest absolute Gasteiger partial charge is 0.410 e. The van der Waals surface area contributed by atoms with E-state index in [0.29, 0.717) is 12.8 Å². The van der Waals surface area contributed by atoms with Crippen LogP contribution in [0.4, 0.5) is 4.79 Å². The molecule has 2 aliphatic rings. The number of carbonyl (C=O) groups excluding carboxylic acids is 4. The van der Waals surface area contributed by atoms with Crippen LogP contribution in [0.15, 0.2) is 0 Å². The van der Waals surface area contributed by atoms with Crippen LogP contribution in [-0.2, 0) is 23.9 Å². The first-order valence-electron chi connectivity index (χ1n) is 7.90. The van der Waals surface area contributed by atoms with E-state index in [1.165, 1.54) is 4.90 Å². The molecule has 7 heteroatoms. The molecule has 0 radical (unpaired) electrons. The van der Waals surface area contributed by atoms with Crippen molar-refractivity contribution in [3.05, 3.63) is 0 Å². The van der Waals surface area contributed by atoms with Gasteiger partial charge >= 0.3 is 12.1 Å². The molecule has 2 aliphatic heterocycles. The molecular weight excluding hydrogens is 302 g/mol. The first-order chi connectivity index (χ1) is 10.7. The van der Waals surface area contributed by atoms with Crippen molar-refractivity contribution < 1.29 is 28.7 Å². The minimum atomic E-state index is -1.14. The highest BCUT2D eigenvalue weighted by Gasteiger charge is 2.53. The third-order valence-corrected chi connectivity index (χ3v) is 4.08. The Kier molecular flexibility index (Phi) is 4.77. The summed E-state index contributed by atoms with van der Waals surface area (Å²) >= 11 is 0. The minimum absolute atomic E-state index is 0.0640. The molecule has 2 rings (SSSR count). The number of amides is 1. The summed E-state index contributed by atoms with van der Waals surface area (Å²) in [5, 5.41) is 0. The number of ether oxygens (including phenoxy) is 2. The van der Waals surface area contributed by atoms with Gasteiger partial charge in [-0.15, -0.1) is 0 Å². The molecule has 0 aromatic rings. The summed E-state index contributed by atoms with van der Waals surface area (Å²) in [4.78, 5) is 50.1. The number of hydrogen-bond donors (Lipinski definition) is 0. The van der Waals surface area contributed by atoms with Crippen molar-refractivity contribution in [3.8, 4) is 0 Å². The van der Waals surface area contributed by atoms with Gasteiger partial charge in [0.05, 0.1) is 12.6 Å². The van der Waals surface area contributed by atoms with Crippen LogP contribution in [0.25, 0.3) is 0 Å². The molecule has 2 fully saturated rings. The molecule has 0 aromatic heterocycles. The van der Waals surface area contributed by atoms with Gasteiger partial charge in [0, 0.05) is 12.5 Å². The molecule has 0 aromatic carbocycles. The zero-order chi connectivity index (χ0) is 17.4. The summed E-state index contributed by atoms with van der Waals surface area (Å²) < 4.78 is 10.1. The number of piperidine rings is 1. The summed E-state index contributed by atoms with van der Waals surface area (Å²) in [6, 6.07) is -0.874. The fourth-order valence-electron chi connectivity index (χ4n) is 3.26. The standard InChI is InChI=1S/C16H23NO6/c1-5-22-14(20)13(19)12-10-7-6-9(8-11(12)18)17(10)15(21)23-16(2,3)4/h9-10,12H,5-8H2,1-4H3/t9-,10+,12+/m0/s1. The normalized spacial score (nSPS) is 26.9. The second kappa shape index (κ2) is 6.29. The van der Waals surface area contributed by atoms with E-state index in [1.54, 1.807) is 27.7 Å². The van der Waals surface area contributed by atoms with Crippen LogP contribution in [0.2, 0.25) is 0 Å². The van der Waals surface area contributed by atoms with Gasteiger partial charge in [0.2, 0.25) is 0 Å². The number of rotatable bonds is 3. The summed E-state index contributed by atoms with van der Waals surface area (Å²) in [5.74, 6) is -3.31. The SMILES string of the molecule is CCOC(=O)C(=O)[C@H]1C(=O)C[C@@H]2CC[C@H]1N2C(=O)OC(C)(C)C. The van der Waals surface area contributed by atoms with Crippen molar-refractivity contribution in [2.75, 3.05) is 6.61 Å². The monoisotopic (exact) mass is 325 g/mol. The number of esters is 1. The second-order valence-electron chi connectivity index (χ2n) is 6.92. The van der Waals surface area contributed by atoms with Gasteiger partial charge in [0.25, 0.3) is 5.78 Å². The lowest BCUT2D eigenvalue weighted by Crippen LogP contribution is -2.56. The number of nitrogens with zero attached hydrogens (tertiary/aromatic N) is 1. The van der Waals surface area contributed by atoms with Crippen LogP contribution in [0.5, 0.6) is 0 Å². The third-order valence-electron chi connectivity index (χ3n) is 4.08. The average molecular weight is 325 g/mol. The molecule has 0 N–H and O–H groups in total. The Bertz CT molecular complexity index is 535. The van der Waals surface area contributed by atoms with E-state index >= 15 is 0 Å². The number of carbonyl (C=O) groups is 4. The molecule has 0 spiro atoms. The lowest BCUT2D eigenvalue weighted by atomic mass is 9.85. The van der Waals surface area contributed by atoms with Crippen molar-refractivity contribution in [2.45, 2.75) is 64.6 Å². The van der Waals surface area contributed by atoms with Crippen molar-refractivity contribution >= 4 is 23.6 Å². The largest absolute Gasteiger partial charge is 0.460 e. The highest BCUT2D eigenvalue weighted by Crippen LogP contribution is 2.39. The van der Waals surface area contributed by atoms with E-state index in [9.17, 15) is 19.2 Å². The number of fused-ring (bicyclic) bond motifs is 2. The van der Waals surface area contributed by atoms with Crippen LogP contribution < -0.4 is 0 Å². The van der Waals surface area contributed by atoms with Crippen molar-refractivity contribution in [2.24, 2.45) is 5.92 Å². The highest BCUT2D eigenvalue weighted by atomic mass is 16.6. The van der Waals surface area contributed by atoms with E-state index in [4.69, 9.17) is 9.47 Å². The van der Waals surface area contributed by atoms with Crippen LogP contribution in [0.3, 0.4) is 0 Å². The zero-order valence-electron chi connectivity index (χ0n) is 14.0. The quantitative estimate of drug-likeness (QED) is 0.443. The molecule has 0 aliphatic carbocycles. The number of hydrogen-bond acceptors (Lipinski definition) is 6. The minimum Gasteiger partial charge on any atom is -0.460 e. The number of ketones is 2. The van der Waals surface area contributed by atoms with Crippen LogP contribution >= 0.6 is 0 Å². The fraction of sp³-hybridized carbons (Fsp3) is 0.750. The Morgan fingerprint density at radius 3 is 2.43 bits per heavy atom. The fourth-order valence-corrected chi connectivity index (χ4v) is 3.26. The van der Waals surface area contributed by atoms with Gasteiger partial charge in [-0.2, -0.15) is 0 Å². The van der Waals surface area contributed by atoms with E-state index in [1.807, 2.05) is 0 Å². The summed E-state index contributed by atoms with van der Waals surface area (Å²) in [5.41, 5.74) is -0.668. The second-order valence-corrected chi connectivity index (χ2v) is 6.92. The molecule has 2 heterocycles. The Morgan fingerprint density at radius 2 is 1.87 bits per heavy atom. The molecule has 7 nitrogen and oxygen atoms in total. The van der Waals surface area contributed by atoms with Gasteiger partial charge in [-0.25, -0.2) is 9.59 Å². The van der Waals surface area contributed by atoms with Crippen LogP contribution in [0.1, 0.15) is 47.0 Å². The highest BCUT2D eigenvalue weighted by molar-refractivity contribution is 6.38. The van der Waals surface area contributed by atoms with E-state index < -0.39 is 35.4 Å². The molecule has 2 bridgehead atoms. The predicted octanol–water partition coefficient (Wildman–Crippen LogP) is 1.48. The van der Waals surface area contributed by atoms with Gasteiger partial charge in [-0.05, 0) is 40.5 Å². The van der Waals surface area contributed by atoms with Crippen LogP contribution in [-0.4, -0.2) is 52.8 Å². The molecule has 0 saturated carbocycles. The molecule has 23 heavy (non-hydrogen) atoms. The Morgan fingerprint density at radius 1 is 1.22 bits per heavy atom. The van der Waals surface area contributed by atoms with E-state index in [2.05, 4.69) is 0 Å².